The third kappa shape index (κ3) is 2.96. The summed E-state index contributed by atoms with van der Waals surface area (Å²) in [5.41, 5.74) is 5.56. The van der Waals surface area contributed by atoms with Crippen LogP contribution in [0.3, 0.4) is 0 Å². The normalized spacial score (nSPS) is 28.2. The van der Waals surface area contributed by atoms with Gasteiger partial charge in [0, 0.05) is 12.6 Å². The van der Waals surface area contributed by atoms with E-state index in [0.717, 1.165) is 38.5 Å². The van der Waals surface area contributed by atoms with Crippen molar-refractivity contribution in [2.75, 3.05) is 18.8 Å². The van der Waals surface area contributed by atoms with Gasteiger partial charge >= 0.3 is 0 Å². The van der Waals surface area contributed by atoms with Gasteiger partial charge in [-0.05, 0) is 44.6 Å². The maximum Gasteiger partial charge on any atom is 0.214 e. The molecule has 0 amide bonds. The van der Waals surface area contributed by atoms with Gasteiger partial charge in [-0.2, -0.15) is 4.31 Å². The van der Waals surface area contributed by atoms with E-state index >= 15 is 0 Å². The molecule has 1 aliphatic carbocycles. The Labute approximate surface area is 98.2 Å². The van der Waals surface area contributed by atoms with Crippen LogP contribution in [0.15, 0.2) is 0 Å². The molecule has 1 saturated heterocycles. The predicted molar refractivity (Wildman–Crippen MR) is 64.5 cm³/mol. The maximum absolute atomic E-state index is 12.2. The number of sulfonamides is 1. The highest BCUT2D eigenvalue weighted by molar-refractivity contribution is 7.89. The van der Waals surface area contributed by atoms with Gasteiger partial charge in [0.15, 0.2) is 0 Å². The van der Waals surface area contributed by atoms with Crippen molar-refractivity contribution in [3.63, 3.8) is 0 Å². The van der Waals surface area contributed by atoms with Gasteiger partial charge in [0.05, 0.1) is 5.75 Å². The highest BCUT2D eigenvalue weighted by Crippen LogP contribution is 2.33. The first-order chi connectivity index (χ1) is 7.63. The first-order valence-electron chi connectivity index (χ1n) is 6.33. The smallest absolute Gasteiger partial charge is 0.214 e. The summed E-state index contributed by atoms with van der Waals surface area (Å²) in [6.07, 6.45) is 6.12. The molecule has 1 saturated carbocycles. The first-order valence-corrected chi connectivity index (χ1v) is 7.94. The molecule has 1 unspecified atom stereocenters. The minimum atomic E-state index is -3.01. The molecule has 2 fully saturated rings. The van der Waals surface area contributed by atoms with Crippen LogP contribution in [0.25, 0.3) is 0 Å². The Morgan fingerprint density at radius 1 is 1.19 bits per heavy atom. The quantitative estimate of drug-likeness (QED) is 0.785. The standard InChI is InChI=1S/C11H22N2O2S/c12-7-6-11-3-1-2-8-13(11)16(14,15)9-10-4-5-10/h10-11H,1-9,12H2. The van der Waals surface area contributed by atoms with Crippen molar-refractivity contribution in [1.29, 1.82) is 0 Å². The fraction of sp³-hybridized carbons (Fsp3) is 1.00. The molecule has 16 heavy (non-hydrogen) atoms. The molecule has 0 radical (unpaired) electrons. The second kappa shape index (κ2) is 5.02. The molecule has 2 aliphatic rings. The van der Waals surface area contributed by atoms with Crippen LogP contribution in [0, 0.1) is 5.92 Å². The molecule has 0 bridgehead atoms. The summed E-state index contributed by atoms with van der Waals surface area (Å²) in [6, 6.07) is 0.169. The lowest BCUT2D eigenvalue weighted by atomic mass is 10.0. The van der Waals surface area contributed by atoms with Crippen molar-refractivity contribution < 1.29 is 8.42 Å². The number of piperidine rings is 1. The lowest BCUT2D eigenvalue weighted by Crippen LogP contribution is -2.45. The van der Waals surface area contributed by atoms with Crippen LogP contribution in [0.1, 0.15) is 38.5 Å². The average Bonchev–Trinajstić information content (AvgIpc) is 3.02. The highest BCUT2D eigenvalue weighted by atomic mass is 32.2. The molecule has 1 heterocycles. The molecule has 4 nitrogen and oxygen atoms in total. The van der Waals surface area contributed by atoms with Gasteiger partial charge in [-0.3, -0.25) is 0 Å². The third-order valence-corrected chi connectivity index (χ3v) is 5.66. The van der Waals surface area contributed by atoms with Crippen LogP contribution < -0.4 is 5.73 Å². The third-order valence-electron chi connectivity index (χ3n) is 3.57. The van der Waals surface area contributed by atoms with Crippen molar-refractivity contribution in [2.24, 2.45) is 11.7 Å². The number of nitrogens with two attached hydrogens (primary N) is 1. The second-order valence-corrected chi connectivity index (χ2v) is 7.03. The fourth-order valence-corrected chi connectivity index (χ4v) is 4.69. The Bertz CT molecular complexity index is 323. The summed E-state index contributed by atoms with van der Waals surface area (Å²) in [7, 11) is -3.01. The topological polar surface area (TPSA) is 63.4 Å². The number of hydrogen-bond acceptors (Lipinski definition) is 3. The highest BCUT2D eigenvalue weighted by Gasteiger charge is 2.36. The molecule has 2 N–H and O–H groups in total. The molecule has 5 heteroatoms. The van der Waals surface area contributed by atoms with E-state index in [9.17, 15) is 8.42 Å². The number of hydrogen-bond donors (Lipinski definition) is 1. The van der Waals surface area contributed by atoms with Gasteiger partial charge in [0.2, 0.25) is 10.0 Å². The molecule has 0 spiro atoms. The van der Waals surface area contributed by atoms with Crippen molar-refractivity contribution in [1.82, 2.24) is 4.31 Å². The second-order valence-electron chi connectivity index (χ2n) is 5.06. The molecule has 1 atom stereocenters. The van der Waals surface area contributed by atoms with E-state index in [1.165, 1.54) is 0 Å². The van der Waals surface area contributed by atoms with E-state index in [-0.39, 0.29) is 6.04 Å². The summed E-state index contributed by atoms with van der Waals surface area (Å²) < 4.78 is 26.2. The van der Waals surface area contributed by atoms with Crippen molar-refractivity contribution >= 4 is 10.0 Å². The first kappa shape index (κ1) is 12.3. The van der Waals surface area contributed by atoms with Gasteiger partial charge in [0.1, 0.15) is 0 Å². The zero-order valence-corrected chi connectivity index (χ0v) is 10.6. The van der Waals surface area contributed by atoms with Crippen molar-refractivity contribution in [3.05, 3.63) is 0 Å². The monoisotopic (exact) mass is 246 g/mol. The Morgan fingerprint density at radius 2 is 1.94 bits per heavy atom. The average molecular weight is 246 g/mol. The van der Waals surface area contributed by atoms with E-state index in [4.69, 9.17) is 5.73 Å². The van der Waals surface area contributed by atoms with Crippen LogP contribution in [0.2, 0.25) is 0 Å². The lowest BCUT2D eigenvalue weighted by Gasteiger charge is -2.34. The largest absolute Gasteiger partial charge is 0.330 e. The van der Waals surface area contributed by atoms with E-state index < -0.39 is 10.0 Å². The van der Waals surface area contributed by atoms with Crippen molar-refractivity contribution in [2.45, 2.75) is 44.6 Å². The van der Waals surface area contributed by atoms with Crippen LogP contribution in [-0.4, -0.2) is 37.6 Å². The van der Waals surface area contributed by atoms with E-state index in [1.54, 1.807) is 4.31 Å². The van der Waals surface area contributed by atoms with E-state index in [2.05, 4.69) is 0 Å². The van der Waals surface area contributed by atoms with Crippen LogP contribution in [0.4, 0.5) is 0 Å². The van der Waals surface area contributed by atoms with Crippen LogP contribution in [0.5, 0.6) is 0 Å². The lowest BCUT2D eigenvalue weighted by molar-refractivity contribution is 0.243. The molecule has 0 aromatic carbocycles. The Morgan fingerprint density at radius 3 is 2.56 bits per heavy atom. The van der Waals surface area contributed by atoms with Crippen molar-refractivity contribution in [3.8, 4) is 0 Å². The SMILES string of the molecule is NCCC1CCCCN1S(=O)(=O)CC1CC1. The van der Waals surface area contributed by atoms with E-state index in [1.807, 2.05) is 0 Å². The minimum absolute atomic E-state index is 0.169. The van der Waals surface area contributed by atoms with Gasteiger partial charge in [0.25, 0.3) is 0 Å². The molecule has 94 valence electrons. The summed E-state index contributed by atoms with van der Waals surface area (Å²) >= 11 is 0. The molecule has 2 rings (SSSR count). The minimum Gasteiger partial charge on any atom is -0.330 e. The van der Waals surface area contributed by atoms with Crippen LogP contribution >= 0.6 is 0 Å². The number of nitrogens with zero attached hydrogens (tertiary/aromatic N) is 1. The fourth-order valence-electron chi connectivity index (χ4n) is 2.50. The molecule has 0 aromatic heterocycles. The van der Waals surface area contributed by atoms with Crippen LogP contribution in [-0.2, 0) is 10.0 Å². The summed E-state index contributed by atoms with van der Waals surface area (Å²) in [6.45, 7) is 1.29. The van der Waals surface area contributed by atoms with Gasteiger partial charge < -0.3 is 5.73 Å². The maximum atomic E-state index is 12.2. The molecular formula is C11H22N2O2S. The Hall–Kier alpha value is -0.130. The van der Waals surface area contributed by atoms with Gasteiger partial charge in [-0.1, -0.05) is 6.42 Å². The van der Waals surface area contributed by atoms with E-state index in [0.29, 0.717) is 24.8 Å². The zero-order valence-electron chi connectivity index (χ0n) is 9.77. The summed E-state index contributed by atoms with van der Waals surface area (Å²) in [4.78, 5) is 0. The zero-order chi connectivity index (χ0) is 11.6. The van der Waals surface area contributed by atoms with Gasteiger partial charge in [-0.15, -0.1) is 0 Å². The molecule has 1 aliphatic heterocycles. The Balaban J connectivity index is 2.02. The molecular weight excluding hydrogens is 224 g/mol. The summed E-state index contributed by atoms with van der Waals surface area (Å²) in [5, 5.41) is 0. The van der Waals surface area contributed by atoms with Gasteiger partial charge in [-0.25, -0.2) is 8.42 Å². The predicted octanol–water partition coefficient (Wildman–Crippen LogP) is 0.929. The molecule has 0 aromatic rings. The Kier molecular flexibility index (Phi) is 3.87. The number of rotatable bonds is 5. The summed E-state index contributed by atoms with van der Waals surface area (Å²) in [5.74, 6) is 0.805.